The Labute approximate surface area is 131 Å². The molecule has 0 aliphatic carbocycles. The third-order valence-electron chi connectivity index (χ3n) is 3.51. The second-order valence-corrected chi connectivity index (χ2v) is 5.41. The zero-order valence-electron chi connectivity index (χ0n) is 12.3. The normalized spacial score (nSPS) is 21.7. The molecule has 2 unspecified atom stereocenters. The van der Waals surface area contributed by atoms with Gasteiger partial charge in [-0.2, -0.15) is 0 Å². The lowest BCUT2D eigenvalue weighted by atomic mass is 9.96. The van der Waals surface area contributed by atoms with E-state index in [0.29, 0.717) is 6.07 Å². The van der Waals surface area contributed by atoms with Gasteiger partial charge in [0.1, 0.15) is 11.6 Å². The maximum Gasteiger partial charge on any atom is 0.308 e. The van der Waals surface area contributed by atoms with Crippen molar-refractivity contribution >= 4 is 17.7 Å². The minimum Gasteiger partial charge on any atom is -0.446 e. The van der Waals surface area contributed by atoms with Crippen LogP contribution in [0.2, 0.25) is 0 Å². The number of rotatable bonds is 5. The van der Waals surface area contributed by atoms with Crippen LogP contribution in [-0.2, 0) is 25.5 Å². The topological polar surface area (TPSA) is 98.5 Å². The Balaban J connectivity index is 1.94. The van der Waals surface area contributed by atoms with Crippen molar-refractivity contribution in [2.45, 2.75) is 32.0 Å². The number of carbonyl (C=O) groups excluding carboxylic acids is 3. The quantitative estimate of drug-likeness (QED) is 0.765. The predicted molar refractivity (Wildman–Crippen MR) is 74.8 cm³/mol. The first-order valence-corrected chi connectivity index (χ1v) is 6.99. The average molecular weight is 326 g/mol. The molecule has 0 saturated carbocycles. The van der Waals surface area contributed by atoms with Crippen molar-refractivity contribution in [3.63, 3.8) is 0 Å². The summed E-state index contributed by atoms with van der Waals surface area (Å²) in [6, 6.07) is 1.88. The molecule has 0 radical (unpaired) electrons. The molecule has 23 heavy (non-hydrogen) atoms. The van der Waals surface area contributed by atoms with Crippen molar-refractivity contribution in [2.24, 2.45) is 11.7 Å². The number of amides is 1. The molecule has 1 aromatic carbocycles. The first kappa shape index (κ1) is 17.0. The summed E-state index contributed by atoms with van der Waals surface area (Å²) in [6.07, 6.45) is -1.43. The molecule has 3 atom stereocenters. The highest BCUT2D eigenvalue weighted by atomic mass is 19.1. The van der Waals surface area contributed by atoms with E-state index in [4.69, 9.17) is 10.5 Å². The van der Waals surface area contributed by atoms with E-state index in [1.54, 1.807) is 0 Å². The standard InChI is InChI=1S/C15H16F2N2O4/c1-7(14(22)11-6-13(21)23-15(11)18)19-12(20)4-8-2-9(16)5-10(17)3-8/h2-3,5,7,11,15H,4,6,18H2,1H3,(H,19,20)/t7-,11?,15?/m0/s1. The van der Waals surface area contributed by atoms with Crippen LogP contribution in [0.5, 0.6) is 0 Å². The lowest BCUT2D eigenvalue weighted by molar-refractivity contribution is -0.141. The first-order valence-electron chi connectivity index (χ1n) is 6.99. The fourth-order valence-electron chi connectivity index (χ4n) is 2.42. The monoisotopic (exact) mass is 326 g/mol. The molecule has 3 N–H and O–H groups in total. The van der Waals surface area contributed by atoms with Crippen LogP contribution in [0.3, 0.4) is 0 Å². The van der Waals surface area contributed by atoms with Crippen LogP contribution in [0.4, 0.5) is 8.78 Å². The van der Waals surface area contributed by atoms with Crippen molar-refractivity contribution in [2.75, 3.05) is 0 Å². The smallest absolute Gasteiger partial charge is 0.308 e. The number of cyclic esters (lactones) is 1. The number of nitrogens with one attached hydrogen (secondary N) is 1. The number of nitrogens with two attached hydrogens (primary N) is 1. The summed E-state index contributed by atoms with van der Waals surface area (Å²) in [7, 11) is 0. The van der Waals surface area contributed by atoms with E-state index in [-0.39, 0.29) is 18.4 Å². The molecular formula is C15H16F2N2O4. The van der Waals surface area contributed by atoms with Crippen LogP contribution < -0.4 is 11.1 Å². The van der Waals surface area contributed by atoms with E-state index in [1.807, 2.05) is 0 Å². The van der Waals surface area contributed by atoms with Gasteiger partial charge in [0.25, 0.3) is 0 Å². The van der Waals surface area contributed by atoms with Gasteiger partial charge < -0.3 is 10.1 Å². The Morgan fingerprint density at radius 1 is 1.35 bits per heavy atom. The number of ether oxygens (including phenoxy) is 1. The molecule has 0 bridgehead atoms. The minimum atomic E-state index is -1.02. The second kappa shape index (κ2) is 6.82. The molecule has 1 saturated heterocycles. The van der Waals surface area contributed by atoms with Gasteiger partial charge in [-0.3, -0.25) is 20.1 Å². The van der Waals surface area contributed by atoms with Gasteiger partial charge in [-0.1, -0.05) is 0 Å². The van der Waals surface area contributed by atoms with E-state index in [1.165, 1.54) is 6.92 Å². The number of hydrogen-bond donors (Lipinski definition) is 2. The highest BCUT2D eigenvalue weighted by Gasteiger charge is 2.39. The third-order valence-corrected chi connectivity index (χ3v) is 3.51. The Bertz CT molecular complexity index is 630. The molecule has 1 amide bonds. The van der Waals surface area contributed by atoms with Crippen molar-refractivity contribution in [3.05, 3.63) is 35.4 Å². The van der Waals surface area contributed by atoms with Gasteiger partial charge in [0.2, 0.25) is 5.91 Å². The molecular weight excluding hydrogens is 310 g/mol. The summed E-state index contributed by atoms with van der Waals surface area (Å²) in [5, 5.41) is 2.42. The Hall–Kier alpha value is -2.35. The maximum absolute atomic E-state index is 13.1. The minimum absolute atomic E-state index is 0.130. The van der Waals surface area contributed by atoms with E-state index in [9.17, 15) is 23.2 Å². The van der Waals surface area contributed by atoms with Crippen molar-refractivity contribution in [1.82, 2.24) is 5.32 Å². The molecule has 8 heteroatoms. The highest BCUT2D eigenvalue weighted by molar-refractivity contribution is 5.94. The molecule has 124 valence electrons. The number of Topliss-reactive ketones (excluding diaryl/α,β-unsaturated/α-hetero) is 1. The maximum atomic E-state index is 13.1. The second-order valence-electron chi connectivity index (χ2n) is 5.41. The van der Waals surface area contributed by atoms with Gasteiger partial charge in [0.15, 0.2) is 12.0 Å². The van der Waals surface area contributed by atoms with Gasteiger partial charge in [0, 0.05) is 6.07 Å². The highest BCUT2D eigenvalue weighted by Crippen LogP contribution is 2.20. The van der Waals surface area contributed by atoms with Crippen LogP contribution in [0.25, 0.3) is 0 Å². The number of ketones is 1. The molecule has 0 spiro atoms. The van der Waals surface area contributed by atoms with Crippen molar-refractivity contribution in [3.8, 4) is 0 Å². The molecule has 1 heterocycles. The predicted octanol–water partition coefficient (Wildman–Crippen LogP) is 0.429. The lowest BCUT2D eigenvalue weighted by Gasteiger charge is -2.18. The van der Waals surface area contributed by atoms with Crippen LogP contribution in [0, 0.1) is 17.6 Å². The van der Waals surface area contributed by atoms with Crippen LogP contribution in [-0.4, -0.2) is 29.9 Å². The summed E-state index contributed by atoms with van der Waals surface area (Å²) < 4.78 is 30.8. The summed E-state index contributed by atoms with van der Waals surface area (Å²) in [6.45, 7) is 1.45. The third kappa shape index (κ3) is 4.32. The van der Waals surface area contributed by atoms with Crippen LogP contribution >= 0.6 is 0 Å². The molecule has 1 aromatic rings. The average Bonchev–Trinajstić information content (AvgIpc) is 2.75. The Kier molecular flexibility index (Phi) is 5.05. The number of hydrogen-bond acceptors (Lipinski definition) is 5. The molecule has 1 aliphatic heterocycles. The zero-order chi connectivity index (χ0) is 17.1. The van der Waals surface area contributed by atoms with Crippen LogP contribution in [0.1, 0.15) is 18.9 Å². The molecule has 0 aromatic heterocycles. The van der Waals surface area contributed by atoms with Gasteiger partial charge in [0.05, 0.1) is 24.8 Å². The van der Waals surface area contributed by atoms with E-state index < -0.39 is 47.5 Å². The lowest BCUT2D eigenvalue weighted by Crippen LogP contribution is -2.45. The van der Waals surface area contributed by atoms with E-state index in [2.05, 4.69) is 5.32 Å². The van der Waals surface area contributed by atoms with Crippen LogP contribution in [0.15, 0.2) is 18.2 Å². The summed E-state index contributed by atoms with van der Waals surface area (Å²) in [4.78, 5) is 35.1. The fraction of sp³-hybridized carbons (Fsp3) is 0.400. The van der Waals surface area contributed by atoms with Gasteiger partial charge in [-0.15, -0.1) is 0 Å². The Morgan fingerprint density at radius 3 is 2.48 bits per heavy atom. The SMILES string of the molecule is C[C@H](NC(=O)Cc1cc(F)cc(F)c1)C(=O)C1CC(=O)OC1N. The summed E-state index contributed by atoms with van der Waals surface area (Å²) in [5.74, 6) is -3.96. The molecule has 1 aliphatic rings. The molecule has 6 nitrogen and oxygen atoms in total. The van der Waals surface area contributed by atoms with E-state index in [0.717, 1.165) is 12.1 Å². The molecule has 1 fully saturated rings. The van der Waals surface area contributed by atoms with E-state index >= 15 is 0 Å². The number of halogens is 2. The largest absolute Gasteiger partial charge is 0.446 e. The van der Waals surface area contributed by atoms with Gasteiger partial charge in [-0.05, 0) is 24.6 Å². The van der Waals surface area contributed by atoms with Crippen molar-refractivity contribution < 1.29 is 27.9 Å². The van der Waals surface area contributed by atoms with Gasteiger partial charge >= 0.3 is 5.97 Å². The number of esters is 1. The number of benzene rings is 1. The first-order chi connectivity index (χ1) is 10.8. The molecule has 2 rings (SSSR count). The van der Waals surface area contributed by atoms with Gasteiger partial charge in [-0.25, -0.2) is 8.78 Å². The summed E-state index contributed by atoms with van der Waals surface area (Å²) >= 11 is 0. The Morgan fingerprint density at radius 2 is 1.96 bits per heavy atom. The van der Waals surface area contributed by atoms with Crippen molar-refractivity contribution in [1.29, 1.82) is 0 Å². The number of carbonyl (C=O) groups is 3. The zero-order valence-corrected chi connectivity index (χ0v) is 12.3. The summed E-state index contributed by atoms with van der Waals surface area (Å²) in [5.41, 5.74) is 5.68. The fourth-order valence-corrected chi connectivity index (χ4v) is 2.42.